The highest BCUT2D eigenvalue weighted by Gasteiger charge is 2.54. The van der Waals surface area contributed by atoms with Crippen molar-refractivity contribution in [3.05, 3.63) is 58.6 Å². The van der Waals surface area contributed by atoms with Gasteiger partial charge in [0.15, 0.2) is 0 Å². The summed E-state index contributed by atoms with van der Waals surface area (Å²) in [6.07, 6.45) is 1.60. The molecule has 2 N–H and O–H groups in total. The van der Waals surface area contributed by atoms with Gasteiger partial charge in [0.05, 0.1) is 16.7 Å². The third-order valence-electron chi connectivity index (χ3n) is 6.81. The van der Waals surface area contributed by atoms with Gasteiger partial charge in [-0.15, -0.1) is 0 Å². The van der Waals surface area contributed by atoms with Gasteiger partial charge in [-0.25, -0.2) is 4.79 Å². The number of anilines is 2. The van der Waals surface area contributed by atoms with E-state index in [4.69, 9.17) is 27.9 Å². The number of hydrogen-bond acceptors (Lipinski definition) is 5. The van der Waals surface area contributed by atoms with E-state index in [9.17, 15) is 14.4 Å². The molecule has 9 nitrogen and oxygen atoms in total. The van der Waals surface area contributed by atoms with Crippen molar-refractivity contribution in [2.45, 2.75) is 24.8 Å². The highest BCUT2D eigenvalue weighted by Crippen LogP contribution is 2.39. The molecule has 2 saturated heterocycles. The Balaban J connectivity index is 1.44. The molecule has 11 heteroatoms. The van der Waals surface area contributed by atoms with Crippen molar-refractivity contribution in [1.29, 1.82) is 0 Å². The molecule has 2 aliphatic heterocycles. The molecule has 4 rings (SSSR count). The molecule has 37 heavy (non-hydrogen) atoms. The molecule has 0 aliphatic carbocycles. The van der Waals surface area contributed by atoms with E-state index in [1.54, 1.807) is 35.1 Å². The molecule has 0 bridgehead atoms. The molecule has 0 saturated carbocycles. The van der Waals surface area contributed by atoms with Gasteiger partial charge in [-0.05, 0) is 49.6 Å². The van der Waals surface area contributed by atoms with Crippen molar-refractivity contribution in [2.75, 3.05) is 56.8 Å². The molecular formula is C26H31Cl2N5O4. The molecule has 2 aromatic rings. The van der Waals surface area contributed by atoms with E-state index in [2.05, 4.69) is 15.5 Å². The predicted octanol–water partition coefficient (Wildman–Crippen LogP) is 3.82. The summed E-state index contributed by atoms with van der Waals surface area (Å²) >= 11 is 12.0. The fourth-order valence-electron chi connectivity index (χ4n) is 4.85. The first-order chi connectivity index (χ1) is 17.8. The van der Waals surface area contributed by atoms with Crippen LogP contribution in [0.3, 0.4) is 0 Å². The van der Waals surface area contributed by atoms with Crippen molar-refractivity contribution in [2.24, 2.45) is 0 Å². The number of ether oxygens (including phenoxy) is 1. The van der Waals surface area contributed by atoms with Crippen molar-refractivity contribution in [1.82, 2.24) is 15.1 Å². The van der Waals surface area contributed by atoms with Gasteiger partial charge in [0, 0.05) is 44.7 Å². The number of amides is 4. The van der Waals surface area contributed by atoms with Crippen molar-refractivity contribution in [3.8, 4) is 0 Å². The number of hydrogen-bond donors (Lipinski definition) is 2. The first-order valence-electron chi connectivity index (χ1n) is 12.2. The molecule has 4 amide bonds. The number of benzene rings is 2. The number of piperidine rings is 1. The molecule has 2 aliphatic rings. The number of urea groups is 1. The maximum absolute atomic E-state index is 13.8. The van der Waals surface area contributed by atoms with E-state index in [1.807, 2.05) is 30.3 Å². The van der Waals surface area contributed by atoms with Crippen LogP contribution in [-0.4, -0.2) is 79.7 Å². The summed E-state index contributed by atoms with van der Waals surface area (Å²) in [4.78, 5) is 44.6. The van der Waals surface area contributed by atoms with Crippen LogP contribution >= 0.6 is 23.2 Å². The monoisotopic (exact) mass is 547 g/mol. The number of methoxy groups -OCH3 is 1. The second-order valence-corrected chi connectivity index (χ2v) is 10.00. The van der Waals surface area contributed by atoms with Crippen LogP contribution in [0.25, 0.3) is 0 Å². The summed E-state index contributed by atoms with van der Waals surface area (Å²) in [7, 11) is 1.62. The Kier molecular flexibility index (Phi) is 8.79. The Morgan fingerprint density at radius 1 is 1.05 bits per heavy atom. The van der Waals surface area contributed by atoms with Crippen LogP contribution in [0.2, 0.25) is 10.0 Å². The fraction of sp³-hybridized carbons (Fsp3) is 0.423. The van der Waals surface area contributed by atoms with Crippen molar-refractivity contribution < 1.29 is 19.1 Å². The summed E-state index contributed by atoms with van der Waals surface area (Å²) in [6, 6.07) is 14.4. The second kappa shape index (κ2) is 12.0. The summed E-state index contributed by atoms with van der Waals surface area (Å²) in [5.41, 5.74) is 0.635. The molecular weight excluding hydrogens is 517 g/mol. The average Bonchev–Trinajstić information content (AvgIpc) is 3.15. The van der Waals surface area contributed by atoms with Crippen LogP contribution in [-0.2, 0) is 14.3 Å². The minimum atomic E-state index is -0.821. The third kappa shape index (κ3) is 6.11. The van der Waals surface area contributed by atoms with Gasteiger partial charge in [0.1, 0.15) is 12.1 Å². The standard InChI is InChI=1S/C26H31Cl2N5O4/c1-37-15-5-12-29-23(34)17-32-18-33(20-6-3-2-4-7-20)26(24(32)35)10-13-31(14-11-26)25(36)30-19-8-9-21(27)22(28)16-19/h2-4,6-9,16H,5,10-15,17-18H2,1H3,(H,29,34)(H,30,36). The molecule has 2 aromatic carbocycles. The van der Waals surface area contributed by atoms with Gasteiger partial charge >= 0.3 is 6.03 Å². The molecule has 2 fully saturated rings. The minimum absolute atomic E-state index is 0.0155. The number of carbonyl (C=O) groups excluding carboxylic acids is 3. The molecule has 0 aromatic heterocycles. The van der Waals surface area contributed by atoms with Gasteiger partial charge in [0.2, 0.25) is 5.91 Å². The number of likely N-dealkylation sites (tertiary alicyclic amines) is 1. The zero-order valence-corrected chi connectivity index (χ0v) is 22.2. The Hall–Kier alpha value is -3.01. The van der Waals surface area contributed by atoms with E-state index >= 15 is 0 Å². The highest BCUT2D eigenvalue weighted by atomic mass is 35.5. The van der Waals surface area contributed by atoms with Crippen LogP contribution in [0, 0.1) is 0 Å². The summed E-state index contributed by atoms with van der Waals surface area (Å²) in [6.45, 7) is 2.12. The van der Waals surface area contributed by atoms with Gasteiger partial charge < -0.3 is 30.1 Å². The Morgan fingerprint density at radius 2 is 1.78 bits per heavy atom. The second-order valence-electron chi connectivity index (χ2n) is 9.18. The number of carbonyl (C=O) groups is 3. The number of nitrogens with zero attached hydrogens (tertiary/aromatic N) is 3. The lowest BCUT2D eigenvalue weighted by Gasteiger charge is -2.43. The molecule has 2 heterocycles. The molecule has 0 atom stereocenters. The zero-order chi connectivity index (χ0) is 26.4. The largest absolute Gasteiger partial charge is 0.385 e. The highest BCUT2D eigenvalue weighted by molar-refractivity contribution is 6.42. The first-order valence-corrected chi connectivity index (χ1v) is 13.0. The smallest absolute Gasteiger partial charge is 0.321 e. The van der Waals surface area contributed by atoms with E-state index in [0.717, 1.165) is 5.69 Å². The third-order valence-corrected chi connectivity index (χ3v) is 7.55. The molecule has 0 radical (unpaired) electrons. The van der Waals surface area contributed by atoms with Crippen LogP contribution in [0.1, 0.15) is 19.3 Å². The maximum Gasteiger partial charge on any atom is 0.321 e. The quantitative estimate of drug-likeness (QED) is 0.490. The summed E-state index contributed by atoms with van der Waals surface area (Å²) in [5.74, 6) is -0.291. The SMILES string of the molecule is COCCCNC(=O)CN1CN(c2ccccc2)C2(CCN(C(=O)Nc3ccc(Cl)c(Cl)c3)CC2)C1=O. The lowest BCUT2D eigenvalue weighted by molar-refractivity contribution is -0.137. The number of halogens is 2. The molecule has 0 unspecified atom stereocenters. The van der Waals surface area contributed by atoms with Gasteiger partial charge in [-0.2, -0.15) is 0 Å². The Labute approximate surface area is 226 Å². The zero-order valence-electron chi connectivity index (χ0n) is 20.7. The normalized spacial score (nSPS) is 16.8. The van der Waals surface area contributed by atoms with Crippen LogP contribution in [0.15, 0.2) is 48.5 Å². The minimum Gasteiger partial charge on any atom is -0.385 e. The average molecular weight is 548 g/mol. The van der Waals surface area contributed by atoms with Crippen LogP contribution in [0.5, 0.6) is 0 Å². The topological polar surface area (TPSA) is 94.2 Å². The van der Waals surface area contributed by atoms with E-state index in [-0.39, 0.29) is 24.4 Å². The summed E-state index contributed by atoms with van der Waals surface area (Å²) < 4.78 is 5.01. The van der Waals surface area contributed by atoms with Crippen LogP contribution < -0.4 is 15.5 Å². The van der Waals surface area contributed by atoms with Crippen LogP contribution in [0.4, 0.5) is 16.2 Å². The maximum atomic E-state index is 13.8. The number of para-hydroxylation sites is 1. The van der Waals surface area contributed by atoms with Crippen molar-refractivity contribution in [3.63, 3.8) is 0 Å². The Bertz CT molecular complexity index is 1130. The molecule has 1 spiro atoms. The van der Waals surface area contributed by atoms with E-state index < -0.39 is 5.54 Å². The van der Waals surface area contributed by atoms with Gasteiger partial charge in [0.25, 0.3) is 5.91 Å². The number of rotatable bonds is 8. The fourth-order valence-corrected chi connectivity index (χ4v) is 5.15. The van der Waals surface area contributed by atoms with Gasteiger partial charge in [-0.1, -0.05) is 41.4 Å². The Morgan fingerprint density at radius 3 is 2.46 bits per heavy atom. The van der Waals surface area contributed by atoms with Crippen molar-refractivity contribution >= 4 is 52.4 Å². The molecule has 198 valence electrons. The first kappa shape index (κ1) is 27.0. The number of nitrogens with one attached hydrogen (secondary N) is 2. The van der Waals surface area contributed by atoms with Gasteiger partial charge in [-0.3, -0.25) is 9.59 Å². The lowest BCUT2D eigenvalue weighted by atomic mass is 9.85. The predicted molar refractivity (Wildman–Crippen MR) is 144 cm³/mol. The van der Waals surface area contributed by atoms with E-state index in [1.165, 1.54) is 0 Å². The lowest BCUT2D eigenvalue weighted by Crippen LogP contribution is -2.58. The van der Waals surface area contributed by atoms with E-state index in [0.29, 0.717) is 67.9 Å². The summed E-state index contributed by atoms with van der Waals surface area (Å²) in [5, 5.41) is 6.47.